The highest BCUT2D eigenvalue weighted by Gasteiger charge is 2.54. The van der Waals surface area contributed by atoms with Gasteiger partial charge in [0.05, 0.1) is 22.4 Å². The van der Waals surface area contributed by atoms with E-state index in [1.54, 1.807) is 12.3 Å². The Balaban J connectivity index is 1.73. The number of phosphoric ester groups is 1. The number of hydrogen-bond acceptors (Lipinski definition) is 9. The standard InChI is InChI=1S/C30H34ClF3N7O6P/c1-16-12-35-25-20(24(16)36-14-29(3,4)5)10-18(11-21(25)31)41(28(42)46-15-47-48(43,44)45)26(19-6-7-23(32)37-17(19)2)22-13-40(39-38-22)30(8-9-30)27(33)34/h6-7,10-13,26-27H,8-9,14-15H2,1-5H3,(H,35,36)(H2,43,44,45)/t26-/m0/s1. The second kappa shape index (κ2) is 13.2. The maximum Gasteiger partial charge on any atom is 0.472 e. The number of halogens is 4. The van der Waals surface area contributed by atoms with E-state index in [1.807, 2.05) is 27.7 Å². The summed E-state index contributed by atoms with van der Waals surface area (Å²) >= 11 is 6.77. The van der Waals surface area contributed by atoms with Gasteiger partial charge in [-0.15, -0.1) is 5.10 Å². The molecule has 48 heavy (non-hydrogen) atoms. The Morgan fingerprint density at radius 2 is 1.94 bits per heavy atom. The van der Waals surface area contributed by atoms with Crippen LogP contribution in [0.1, 0.15) is 62.2 Å². The Bertz CT molecular complexity index is 1900. The fraction of sp³-hybridized carbons (Fsp3) is 0.433. The van der Waals surface area contributed by atoms with Gasteiger partial charge in [0.15, 0.2) is 0 Å². The number of hydrogen-bond donors (Lipinski definition) is 3. The minimum absolute atomic E-state index is 0.0176. The quantitative estimate of drug-likeness (QED) is 0.0867. The van der Waals surface area contributed by atoms with Gasteiger partial charge < -0.3 is 19.8 Å². The van der Waals surface area contributed by atoms with Crippen LogP contribution in [0.4, 0.5) is 29.3 Å². The van der Waals surface area contributed by atoms with Gasteiger partial charge in [-0.3, -0.25) is 9.88 Å². The zero-order valence-electron chi connectivity index (χ0n) is 26.6. The number of phosphoric acid groups is 1. The number of ether oxygens (including phenoxy) is 1. The average Bonchev–Trinajstić information content (AvgIpc) is 3.65. The van der Waals surface area contributed by atoms with E-state index in [4.69, 9.17) is 16.3 Å². The highest BCUT2D eigenvalue weighted by molar-refractivity contribution is 7.46. The van der Waals surface area contributed by atoms with Crippen molar-refractivity contribution < 1.29 is 41.6 Å². The number of aromatic nitrogens is 5. The van der Waals surface area contributed by atoms with Crippen molar-refractivity contribution in [1.82, 2.24) is 25.0 Å². The van der Waals surface area contributed by atoms with Crippen molar-refractivity contribution in [2.24, 2.45) is 5.41 Å². The van der Waals surface area contributed by atoms with Gasteiger partial charge in [0, 0.05) is 35.1 Å². The second-order valence-corrected chi connectivity index (χ2v) is 14.4. The summed E-state index contributed by atoms with van der Waals surface area (Å²) < 4.78 is 64.3. The summed E-state index contributed by atoms with van der Waals surface area (Å²) in [6, 6.07) is 4.06. The molecule has 0 spiro atoms. The molecule has 4 aromatic rings. The third-order valence-corrected chi connectivity index (χ3v) is 8.56. The average molecular weight is 712 g/mol. The van der Waals surface area contributed by atoms with E-state index in [0.29, 0.717) is 23.1 Å². The number of carbonyl (C=O) groups excluding carboxylic acids is 1. The summed E-state index contributed by atoms with van der Waals surface area (Å²) in [6.45, 7) is 8.86. The fourth-order valence-corrected chi connectivity index (χ4v) is 5.66. The Labute approximate surface area is 278 Å². The van der Waals surface area contributed by atoms with Gasteiger partial charge in [-0.1, -0.05) is 43.7 Å². The van der Waals surface area contributed by atoms with E-state index in [1.165, 1.54) is 25.3 Å². The molecule has 0 radical (unpaired) electrons. The second-order valence-electron chi connectivity index (χ2n) is 12.8. The topological polar surface area (TPSA) is 165 Å². The van der Waals surface area contributed by atoms with Crippen molar-refractivity contribution in [3.05, 3.63) is 70.1 Å². The molecule has 0 aliphatic heterocycles. The first kappa shape index (κ1) is 35.5. The van der Waals surface area contributed by atoms with Crippen LogP contribution < -0.4 is 10.2 Å². The molecular weight excluding hydrogens is 678 g/mol. The minimum Gasteiger partial charge on any atom is -0.421 e. The van der Waals surface area contributed by atoms with Crippen LogP contribution in [0.3, 0.4) is 0 Å². The molecule has 1 aliphatic rings. The summed E-state index contributed by atoms with van der Waals surface area (Å²) in [5, 5.41) is 12.2. The van der Waals surface area contributed by atoms with E-state index < -0.39 is 44.7 Å². The Kier molecular flexibility index (Phi) is 9.79. The van der Waals surface area contributed by atoms with Crippen LogP contribution in [-0.2, 0) is 19.4 Å². The van der Waals surface area contributed by atoms with Gasteiger partial charge in [0.25, 0.3) is 6.43 Å². The molecule has 1 atom stereocenters. The molecule has 3 aromatic heterocycles. The number of amides is 1. The van der Waals surface area contributed by atoms with Crippen LogP contribution in [0.2, 0.25) is 5.02 Å². The maximum atomic E-state index is 14.2. The first-order valence-electron chi connectivity index (χ1n) is 14.7. The van der Waals surface area contributed by atoms with Crippen LogP contribution in [0, 0.1) is 25.2 Å². The molecule has 3 heterocycles. The lowest BCUT2D eigenvalue weighted by Crippen LogP contribution is -2.37. The van der Waals surface area contributed by atoms with Crippen LogP contribution in [0.15, 0.2) is 36.7 Å². The summed E-state index contributed by atoms with van der Waals surface area (Å²) in [5.74, 6) is -0.817. The molecule has 0 bridgehead atoms. The van der Waals surface area contributed by atoms with Crippen LogP contribution in [-0.4, -0.2) is 60.6 Å². The molecule has 1 saturated carbocycles. The number of anilines is 2. The van der Waals surface area contributed by atoms with Crippen LogP contribution in [0.5, 0.6) is 0 Å². The van der Waals surface area contributed by atoms with Crippen molar-refractivity contribution in [1.29, 1.82) is 0 Å². The number of pyridine rings is 2. The Morgan fingerprint density at radius 1 is 1.23 bits per heavy atom. The number of nitrogens with zero attached hydrogens (tertiary/aromatic N) is 6. The summed E-state index contributed by atoms with van der Waals surface area (Å²) in [7, 11) is -5.05. The molecule has 3 N–H and O–H groups in total. The van der Waals surface area contributed by atoms with Gasteiger partial charge in [-0.2, -0.15) is 4.39 Å². The largest absolute Gasteiger partial charge is 0.472 e. The number of nitrogens with one attached hydrogen (secondary N) is 1. The Morgan fingerprint density at radius 3 is 2.54 bits per heavy atom. The number of carbonyl (C=O) groups is 1. The number of benzene rings is 1. The highest BCUT2D eigenvalue weighted by atomic mass is 35.5. The predicted octanol–water partition coefficient (Wildman–Crippen LogP) is 6.64. The maximum absolute atomic E-state index is 14.2. The number of aryl methyl sites for hydroxylation is 2. The fourth-order valence-electron chi connectivity index (χ4n) is 5.20. The van der Waals surface area contributed by atoms with Crippen molar-refractivity contribution in [3.8, 4) is 0 Å². The van der Waals surface area contributed by atoms with E-state index in [2.05, 4.69) is 30.1 Å². The summed E-state index contributed by atoms with van der Waals surface area (Å²) in [4.78, 5) is 41.8. The predicted molar refractivity (Wildman–Crippen MR) is 170 cm³/mol. The van der Waals surface area contributed by atoms with E-state index in [9.17, 15) is 32.3 Å². The van der Waals surface area contributed by atoms with E-state index in [-0.39, 0.29) is 45.9 Å². The molecule has 13 nitrogen and oxygen atoms in total. The first-order valence-corrected chi connectivity index (χ1v) is 16.6. The third kappa shape index (κ3) is 7.57. The van der Waals surface area contributed by atoms with Gasteiger partial charge >= 0.3 is 13.9 Å². The highest BCUT2D eigenvalue weighted by Crippen LogP contribution is 2.49. The van der Waals surface area contributed by atoms with Crippen LogP contribution in [0.25, 0.3) is 10.9 Å². The van der Waals surface area contributed by atoms with E-state index >= 15 is 0 Å². The molecule has 1 amide bonds. The zero-order valence-corrected chi connectivity index (χ0v) is 28.3. The van der Waals surface area contributed by atoms with Gasteiger partial charge in [-0.05, 0) is 55.9 Å². The minimum atomic E-state index is -5.05. The summed E-state index contributed by atoms with van der Waals surface area (Å²) in [5.41, 5.74) is 0.533. The molecule has 18 heteroatoms. The molecule has 0 saturated heterocycles. The summed E-state index contributed by atoms with van der Waals surface area (Å²) in [6.07, 6.45) is -0.740. The van der Waals surface area contributed by atoms with Crippen molar-refractivity contribution >= 4 is 47.8 Å². The molecule has 1 aliphatic carbocycles. The molecule has 1 aromatic carbocycles. The lowest BCUT2D eigenvalue weighted by atomic mass is 9.96. The van der Waals surface area contributed by atoms with Crippen molar-refractivity contribution in [2.45, 2.75) is 65.5 Å². The number of fused-ring (bicyclic) bond motifs is 1. The van der Waals surface area contributed by atoms with Crippen molar-refractivity contribution in [3.63, 3.8) is 0 Å². The molecular formula is C30H34ClF3N7O6P. The van der Waals surface area contributed by atoms with Crippen LogP contribution >= 0.6 is 19.4 Å². The van der Waals surface area contributed by atoms with Gasteiger partial charge in [0.1, 0.15) is 17.3 Å². The lowest BCUT2D eigenvalue weighted by Gasteiger charge is -2.31. The smallest absolute Gasteiger partial charge is 0.421 e. The molecule has 258 valence electrons. The molecule has 1 fully saturated rings. The molecule has 5 rings (SSSR count). The SMILES string of the molecule is Cc1cnc2c(Cl)cc(N(C(=O)OCOP(=O)(O)O)[C@H](c3cn(C4(C(F)F)CC4)nn3)c3ccc(F)nc3C)cc2c1NCC(C)(C)C. The normalized spacial score (nSPS) is 15.1. The molecule has 0 unspecified atom stereocenters. The number of alkyl halides is 2. The van der Waals surface area contributed by atoms with Gasteiger partial charge in [-0.25, -0.2) is 32.3 Å². The van der Waals surface area contributed by atoms with Gasteiger partial charge in [0.2, 0.25) is 12.7 Å². The first-order chi connectivity index (χ1) is 22.4. The number of rotatable bonds is 11. The lowest BCUT2D eigenvalue weighted by molar-refractivity contribution is 0.0427. The monoisotopic (exact) mass is 711 g/mol. The van der Waals surface area contributed by atoms with E-state index in [0.717, 1.165) is 21.2 Å². The Hall–Kier alpha value is -3.82. The zero-order chi connectivity index (χ0) is 35.2. The van der Waals surface area contributed by atoms with Crippen molar-refractivity contribution in [2.75, 3.05) is 23.6 Å². The third-order valence-electron chi connectivity index (χ3n) is 7.83.